The third-order valence-corrected chi connectivity index (χ3v) is 5.48. The molecule has 2 aromatic carbocycles. The van der Waals surface area contributed by atoms with E-state index in [-0.39, 0.29) is 18.3 Å². The van der Waals surface area contributed by atoms with Crippen LogP contribution < -0.4 is 10.1 Å². The van der Waals surface area contributed by atoms with Crippen molar-refractivity contribution in [3.05, 3.63) is 64.9 Å². The molecular formula is C21H21ClN4O4S. The van der Waals surface area contributed by atoms with Crippen LogP contribution in [0, 0.1) is 0 Å². The maximum atomic E-state index is 12.3. The number of carbonyl (C=O) groups excluding carboxylic acids is 2. The minimum absolute atomic E-state index is 0.131. The van der Waals surface area contributed by atoms with Crippen molar-refractivity contribution in [3.63, 3.8) is 0 Å². The SMILES string of the molecule is CCn1c(COc2ccccc2Cl)nnc1SCC(=O)Nc1cccc(C(=O)OC)c1. The van der Waals surface area contributed by atoms with Gasteiger partial charge in [0.25, 0.3) is 0 Å². The van der Waals surface area contributed by atoms with Crippen molar-refractivity contribution < 1.29 is 19.1 Å². The van der Waals surface area contributed by atoms with Crippen molar-refractivity contribution in [2.24, 2.45) is 0 Å². The van der Waals surface area contributed by atoms with E-state index in [0.29, 0.717) is 39.5 Å². The molecule has 0 atom stereocenters. The zero-order valence-electron chi connectivity index (χ0n) is 17.0. The highest BCUT2D eigenvalue weighted by molar-refractivity contribution is 7.99. The summed E-state index contributed by atoms with van der Waals surface area (Å²) in [6, 6.07) is 13.8. The number of aromatic nitrogens is 3. The molecule has 1 N–H and O–H groups in total. The van der Waals surface area contributed by atoms with Crippen LogP contribution in [0.3, 0.4) is 0 Å². The van der Waals surface area contributed by atoms with Gasteiger partial charge in [0, 0.05) is 12.2 Å². The molecule has 0 aliphatic heterocycles. The van der Waals surface area contributed by atoms with Gasteiger partial charge in [0.05, 0.1) is 23.4 Å². The molecule has 1 aromatic heterocycles. The number of esters is 1. The third kappa shape index (κ3) is 5.99. The Labute approximate surface area is 188 Å². The first-order valence-corrected chi connectivity index (χ1v) is 10.8. The standard InChI is InChI=1S/C21H21ClN4O4S/c1-3-26-18(12-30-17-10-5-4-9-16(17)22)24-25-21(26)31-13-19(27)23-15-8-6-7-14(11-15)20(28)29-2/h4-11H,3,12-13H2,1-2H3,(H,23,27). The van der Waals surface area contributed by atoms with Crippen molar-refractivity contribution in [2.75, 3.05) is 18.2 Å². The fraction of sp³-hybridized carbons (Fsp3) is 0.238. The van der Waals surface area contributed by atoms with Gasteiger partial charge in [0.15, 0.2) is 11.0 Å². The largest absolute Gasteiger partial charge is 0.484 e. The van der Waals surface area contributed by atoms with E-state index in [1.165, 1.54) is 18.9 Å². The average Bonchev–Trinajstić information content (AvgIpc) is 3.18. The molecule has 0 bridgehead atoms. The number of nitrogens with zero attached hydrogens (tertiary/aromatic N) is 3. The van der Waals surface area contributed by atoms with Gasteiger partial charge >= 0.3 is 5.97 Å². The number of hydrogen-bond acceptors (Lipinski definition) is 7. The van der Waals surface area contributed by atoms with E-state index in [4.69, 9.17) is 21.1 Å². The van der Waals surface area contributed by atoms with Gasteiger partial charge in [-0.25, -0.2) is 4.79 Å². The lowest BCUT2D eigenvalue weighted by Gasteiger charge is -2.10. The van der Waals surface area contributed by atoms with Crippen LogP contribution in [0.1, 0.15) is 23.1 Å². The molecule has 0 radical (unpaired) electrons. The number of amides is 1. The quantitative estimate of drug-likeness (QED) is 0.380. The summed E-state index contributed by atoms with van der Waals surface area (Å²) in [4.78, 5) is 24.0. The van der Waals surface area contributed by atoms with Crippen LogP contribution in [-0.2, 0) is 22.7 Å². The first-order valence-electron chi connectivity index (χ1n) is 9.42. The van der Waals surface area contributed by atoms with Crippen molar-refractivity contribution in [2.45, 2.75) is 25.2 Å². The van der Waals surface area contributed by atoms with Gasteiger partial charge in [-0.05, 0) is 37.3 Å². The van der Waals surface area contributed by atoms with Crippen LogP contribution in [0.15, 0.2) is 53.7 Å². The van der Waals surface area contributed by atoms with Crippen LogP contribution in [0.4, 0.5) is 5.69 Å². The van der Waals surface area contributed by atoms with E-state index >= 15 is 0 Å². The fourth-order valence-corrected chi connectivity index (χ4v) is 3.73. The van der Waals surface area contributed by atoms with Gasteiger partial charge in [-0.15, -0.1) is 10.2 Å². The number of nitrogens with one attached hydrogen (secondary N) is 1. The zero-order chi connectivity index (χ0) is 22.2. The van der Waals surface area contributed by atoms with Gasteiger partial charge in [-0.3, -0.25) is 4.79 Å². The van der Waals surface area contributed by atoms with Gasteiger partial charge in [-0.2, -0.15) is 0 Å². The molecule has 3 aromatic rings. The lowest BCUT2D eigenvalue weighted by molar-refractivity contribution is -0.113. The summed E-state index contributed by atoms with van der Waals surface area (Å²) in [5, 5.41) is 12.2. The smallest absolute Gasteiger partial charge is 0.337 e. The van der Waals surface area contributed by atoms with Crippen molar-refractivity contribution in [1.82, 2.24) is 14.8 Å². The second-order valence-corrected chi connectivity index (χ2v) is 7.62. The van der Waals surface area contributed by atoms with Crippen molar-refractivity contribution in [1.29, 1.82) is 0 Å². The monoisotopic (exact) mass is 460 g/mol. The molecule has 10 heteroatoms. The van der Waals surface area contributed by atoms with Gasteiger partial charge < -0.3 is 19.4 Å². The number of rotatable bonds is 9. The summed E-state index contributed by atoms with van der Waals surface area (Å²) in [6.45, 7) is 2.79. The lowest BCUT2D eigenvalue weighted by Crippen LogP contribution is -2.15. The normalized spacial score (nSPS) is 10.5. The molecule has 1 amide bonds. The van der Waals surface area contributed by atoms with Crippen LogP contribution in [-0.4, -0.2) is 39.5 Å². The molecule has 31 heavy (non-hydrogen) atoms. The molecule has 8 nitrogen and oxygen atoms in total. The third-order valence-electron chi connectivity index (χ3n) is 4.20. The Morgan fingerprint density at radius 1 is 1.16 bits per heavy atom. The van der Waals surface area contributed by atoms with Gasteiger partial charge in [0.1, 0.15) is 12.4 Å². The number of thioether (sulfide) groups is 1. The van der Waals surface area contributed by atoms with Gasteiger partial charge in [-0.1, -0.05) is 41.6 Å². The molecule has 0 saturated heterocycles. The van der Waals surface area contributed by atoms with Crippen molar-refractivity contribution >= 4 is 40.9 Å². The Balaban J connectivity index is 1.58. The molecule has 3 rings (SSSR count). The summed E-state index contributed by atoms with van der Waals surface area (Å²) >= 11 is 7.38. The highest BCUT2D eigenvalue weighted by Crippen LogP contribution is 2.25. The second kappa shape index (κ2) is 10.8. The molecule has 0 unspecified atom stereocenters. The molecular weight excluding hydrogens is 440 g/mol. The number of carbonyl (C=O) groups is 2. The lowest BCUT2D eigenvalue weighted by atomic mass is 10.2. The predicted octanol–water partition coefficient (Wildman–Crippen LogP) is 4.05. The molecule has 0 saturated carbocycles. The Morgan fingerprint density at radius 2 is 1.97 bits per heavy atom. The molecule has 0 spiro atoms. The summed E-state index contributed by atoms with van der Waals surface area (Å²) in [5.41, 5.74) is 0.876. The molecule has 0 aliphatic rings. The predicted molar refractivity (Wildman–Crippen MR) is 119 cm³/mol. The Bertz CT molecular complexity index is 1070. The molecule has 1 heterocycles. The van der Waals surface area contributed by atoms with E-state index in [2.05, 4.69) is 15.5 Å². The number of anilines is 1. The van der Waals surface area contributed by atoms with E-state index < -0.39 is 5.97 Å². The average molecular weight is 461 g/mol. The minimum atomic E-state index is -0.465. The summed E-state index contributed by atoms with van der Waals surface area (Å²) in [5.74, 6) is 0.639. The number of halogens is 1. The molecule has 162 valence electrons. The fourth-order valence-electron chi connectivity index (χ4n) is 2.72. The first-order chi connectivity index (χ1) is 15.0. The maximum Gasteiger partial charge on any atom is 0.337 e. The van der Waals surface area contributed by atoms with E-state index in [9.17, 15) is 9.59 Å². The Kier molecular flexibility index (Phi) is 7.91. The van der Waals surface area contributed by atoms with E-state index in [0.717, 1.165) is 0 Å². The van der Waals surface area contributed by atoms with E-state index in [1.54, 1.807) is 36.4 Å². The second-order valence-electron chi connectivity index (χ2n) is 6.27. The number of para-hydroxylation sites is 1. The number of methoxy groups -OCH3 is 1. The maximum absolute atomic E-state index is 12.3. The van der Waals surface area contributed by atoms with Crippen LogP contribution in [0.2, 0.25) is 5.02 Å². The summed E-state index contributed by atoms with van der Waals surface area (Å²) in [7, 11) is 1.31. The number of ether oxygens (including phenoxy) is 2. The zero-order valence-corrected chi connectivity index (χ0v) is 18.6. The minimum Gasteiger partial charge on any atom is -0.484 e. The summed E-state index contributed by atoms with van der Waals surface area (Å²) < 4.78 is 12.3. The Hall–Kier alpha value is -3.04. The number of hydrogen-bond donors (Lipinski definition) is 1. The number of benzene rings is 2. The highest BCUT2D eigenvalue weighted by Gasteiger charge is 2.15. The first kappa shape index (κ1) is 22.6. The highest BCUT2D eigenvalue weighted by atomic mass is 35.5. The molecule has 0 fully saturated rings. The van der Waals surface area contributed by atoms with Crippen molar-refractivity contribution in [3.8, 4) is 5.75 Å². The van der Waals surface area contributed by atoms with Crippen LogP contribution in [0.5, 0.6) is 5.75 Å². The Morgan fingerprint density at radius 3 is 2.71 bits per heavy atom. The topological polar surface area (TPSA) is 95.3 Å². The van der Waals surface area contributed by atoms with Gasteiger partial charge in [0.2, 0.25) is 5.91 Å². The van der Waals surface area contributed by atoms with Crippen LogP contribution >= 0.6 is 23.4 Å². The summed E-state index contributed by atoms with van der Waals surface area (Å²) in [6.07, 6.45) is 0. The van der Waals surface area contributed by atoms with Crippen LogP contribution in [0.25, 0.3) is 0 Å². The van der Waals surface area contributed by atoms with E-state index in [1.807, 2.05) is 23.6 Å². The molecule has 0 aliphatic carbocycles.